The largest absolute Gasteiger partial charge is 0.398 e. The van der Waals surface area contributed by atoms with E-state index in [0.717, 1.165) is 36.3 Å². The van der Waals surface area contributed by atoms with Gasteiger partial charge in [0, 0.05) is 17.8 Å². The highest BCUT2D eigenvalue weighted by atomic mass is 16.1. The first-order valence-electron chi connectivity index (χ1n) is 9.00. The van der Waals surface area contributed by atoms with E-state index in [9.17, 15) is 4.79 Å². The second-order valence-corrected chi connectivity index (χ2v) is 6.77. The van der Waals surface area contributed by atoms with Crippen molar-refractivity contribution in [3.8, 4) is 11.4 Å². The van der Waals surface area contributed by atoms with Crippen molar-refractivity contribution in [2.45, 2.75) is 51.5 Å². The van der Waals surface area contributed by atoms with E-state index in [4.69, 9.17) is 10.7 Å². The highest BCUT2D eigenvalue weighted by Crippen LogP contribution is 2.33. The monoisotopic (exact) mass is 337 g/mol. The van der Waals surface area contributed by atoms with Crippen LogP contribution in [0.3, 0.4) is 0 Å². The van der Waals surface area contributed by atoms with Gasteiger partial charge in [-0.25, -0.2) is 4.98 Å². The molecular formula is C19H23N5O. The predicted octanol–water partition coefficient (Wildman–Crippen LogP) is 2.92. The molecule has 0 bridgehead atoms. The third-order valence-corrected chi connectivity index (χ3v) is 5.14. The summed E-state index contributed by atoms with van der Waals surface area (Å²) in [6.45, 7) is 2.04. The summed E-state index contributed by atoms with van der Waals surface area (Å²) in [5, 5.41) is 3.41. The summed E-state index contributed by atoms with van der Waals surface area (Å²) < 4.78 is 2.10. The Morgan fingerprint density at radius 1 is 1.24 bits per heavy atom. The molecule has 4 rings (SSSR count). The Morgan fingerprint density at radius 3 is 2.72 bits per heavy atom. The number of nitrogens with two attached hydrogens (primary N) is 1. The van der Waals surface area contributed by atoms with Gasteiger partial charge in [0.1, 0.15) is 11.4 Å². The number of fused-ring (bicyclic) bond motifs is 1. The van der Waals surface area contributed by atoms with Gasteiger partial charge in [0.05, 0.1) is 6.04 Å². The standard InChI is InChI=1S/C19H23N5O/c1-2-15-17-18(24(23-15)13-8-4-5-9-13)21-16(22-19(17)25)11-12-7-3-6-10-14(12)20/h3,6-7,10,13,23H,2,4-5,8-9,11,20H2,1H3. The molecule has 0 radical (unpaired) electrons. The molecule has 2 heterocycles. The van der Waals surface area contributed by atoms with Crippen LogP contribution in [0.25, 0.3) is 11.4 Å². The smallest absolute Gasteiger partial charge is 0.284 e. The molecule has 1 aromatic carbocycles. The van der Waals surface area contributed by atoms with E-state index < -0.39 is 0 Å². The van der Waals surface area contributed by atoms with Gasteiger partial charge in [-0.05, 0) is 30.9 Å². The van der Waals surface area contributed by atoms with E-state index in [1.54, 1.807) is 0 Å². The summed E-state index contributed by atoms with van der Waals surface area (Å²) in [7, 11) is 0. The van der Waals surface area contributed by atoms with Gasteiger partial charge in [-0.1, -0.05) is 38.0 Å². The van der Waals surface area contributed by atoms with E-state index in [1.807, 2.05) is 31.2 Å². The number of nitrogens with zero attached hydrogens (tertiary/aromatic N) is 3. The number of aromatic amines is 1. The van der Waals surface area contributed by atoms with Gasteiger partial charge in [-0.2, -0.15) is 4.98 Å². The zero-order valence-electron chi connectivity index (χ0n) is 14.5. The van der Waals surface area contributed by atoms with Crippen LogP contribution in [-0.4, -0.2) is 19.7 Å². The Balaban J connectivity index is 1.81. The molecule has 6 heteroatoms. The third kappa shape index (κ3) is 2.81. The van der Waals surface area contributed by atoms with Crippen molar-refractivity contribution in [1.82, 2.24) is 19.7 Å². The molecule has 2 aliphatic heterocycles. The quantitative estimate of drug-likeness (QED) is 0.716. The molecule has 1 aromatic rings. The number of nitrogen functional groups attached to an aromatic ring is 1. The molecule has 3 N–H and O–H groups in total. The molecule has 6 nitrogen and oxygen atoms in total. The van der Waals surface area contributed by atoms with Gasteiger partial charge in [-0.3, -0.25) is 14.6 Å². The number of hydrogen-bond donors (Lipinski definition) is 2. The lowest BCUT2D eigenvalue weighted by molar-refractivity contribution is 0.464. The molecule has 0 atom stereocenters. The van der Waals surface area contributed by atoms with Gasteiger partial charge in [0.15, 0.2) is 5.82 Å². The predicted molar refractivity (Wildman–Crippen MR) is 97.8 cm³/mol. The molecule has 0 amide bonds. The molecule has 1 fully saturated rings. The molecular weight excluding hydrogens is 314 g/mol. The van der Waals surface area contributed by atoms with Crippen molar-refractivity contribution in [2.24, 2.45) is 0 Å². The van der Waals surface area contributed by atoms with E-state index in [2.05, 4.69) is 14.8 Å². The molecule has 0 saturated heterocycles. The van der Waals surface area contributed by atoms with Gasteiger partial charge >= 0.3 is 0 Å². The Hall–Kier alpha value is -2.63. The molecule has 1 saturated carbocycles. The normalized spacial score (nSPS) is 15.2. The number of aromatic nitrogens is 4. The van der Waals surface area contributed by atoms with Crippen LogP contribution in [0.5, 0.6) is 0 Å². The fourth-order valence-corrected chi connectivity index (χ4v) is 3.79. The Morgan fingerprint density at radius 2 is 2.00 bits per heavy atom. The Bertz CT molecular complexity index is 920. The molecule has 0 unspecified atom stereocenters. The van der Waals surface area contributed by atoms with Crippen molar-refractivity contribution in [2.75, 3.05) is 5.73 Å². The van der Waals surface area contributed by atoms with Crippen molar-refractivity contribution < 1.29 is 0 Å². The fourth-order valence-electron chi connectivity index (χ4n) is 3.79. The fraction of sp³-hybridized carbons (Fsp3) is 0.421. The van der Waals surface area contributed by atoms with Crippen LogP contribution in [0, 0.1) is 0 Å². The number of hydrogen-bond acceptors (Lipinski definition) is 4. The second kappa shape index (κ2) is 6.35. The van der Waals surface area contributed by atoms with Crippen LogP contribution in [0.4, 0.5) is 5.69 Å². The zero-order valence-corrected chi connectivity index (χ0v) is 14.5. The third-order valence-electron chi connectivity index (χ3n) is 5.14. The van der Waals surface area contributed by atoms with Gasteiger partial charge in [0.25, 0.3) is 5.56 Å². The number of nitrogens with one attached hydrogen (secondary N) is 1. The minimum absolute atomic E-state index is 0.195. The average molecular weight is 337 g/mol. The summed E-state index contributed by atoms with van der Waals surface area (Å²) in [6, 6.07) is 8.04. The second-order valence-electron chi connectivity index (χ2n) is 6.77. The van der Waals surface area contributed by atoms with Crippen molar-refractivity contribution in [1.29, 1.82) is 0 Å². The molecule has 25 heavy (non-hydrogen) atoms. The van der Waals surface area contributed by atoms with Crippen LogP contribution in [0.2, 0.25) is 0 Å². The molecule has 3 aliphatic rings. The Labute approximate surface area is 146 Å². The van der Waals surface area contributed by atoms with Crippen LogP contribution in [-0.2, 0) is 12.8 Å². The summed E-state index contributed by atoms with van der Waals surface area (Å²) in [4.78, 5) is 21.6. The van der Waals surface area contributed by atoms with Crippen molar-refractivity contribution >= 4 is 5.69 Å². The maximum atomic E-state index is 12.7. The first kappa shape index (κ1) is 15.9. The lowest BCUT2D eigenvalue weighted by atomic mass is 10.1. The van der Waals surface area contributed by atoms with Gasteiger partial charge < -0.3 is 5.73 Å². The number of benzene rings is 1. The topological polar surface area (TPSA) is 89.6 Å². The average Bonchev–Trinajstić information content (AvgIpc) is 3.24. The summed E-state index contributed by atoms with van der Waals surface area (Å²) in [6.07, 6.45) is 5.94. The van der Waals surface area contributed by atoms with E-state index in [0.29, 0.717) is 29.5 Å². The highest BCUT2D eigenvalue weighted by Gasteiger charge is 2.27. The maximum absolute atomic E-state index is 12.7. The SMILES string of the molecule is CCc1[nH]n(C2CCCC2)c2nc(Cc3ccccc3N)nc(=O)c1-2. The molecule has 0 spiro atoms. The van der Waals surface area contributed by atoms with E-state index >= 15 is 0 Å². The summed E-state index contributed by atoms with van der Waals surface area (Å²) >= 11 is 0. The number of aryl methyl sites for hydroxylation is 1. The van der Waals surface area contributed by atoms with Crippen LogP contribution >= 0.6 is 0 Å². The maximum Gasteiger partial charge on any atom is 0.284 e. The van der Waals surface area contributed by atoms with E-state index in [-0.39, 0.29) is 5.56 Å². The Kier molecular flexibility index (Phi) is 4.03. The lowest BCUT2D eigenvalue weighted by Gasteiger charge is -2.14. The van der Waals surface area contributed by atoms with E-state index in [1.165, 1.54) is 12.8 Å². The summed E-state index contributed by atoms with van der Waals surface area (Å²) in [5.74, 6) is 1.28. The number of rotatable bonds is 4. The molecule has 130 valence electrons. The van der Waals surface area contributed by atoms with Gasteiger partial charge in [-0.15, -0.1) is 0 Å². The number of H-pyrrole nitrogens is 1. The number of para-hydroxylation sites is 1. The first-order chi connectivity index (χ1) is 12.2. The highest BCUT2D eigenvalue weighted by molar-refractivity contribution is 5.59. The molecule has 0 aromatic heterocycles. The van der Waals surface area contributed by atoms with Crippen LogP contribution in [0.1, 0.15) is 55.7 Å². The first-order valence-corrected chi connectivity index (χ1v) is 9.00. The van der Waals surface area contributed by atoms with Gasteiger partial charge in [0.2, 0.25) is 0 Å². The molecule has 1 aliphatic carbocycles. The summed E-state index contributed by atoms with van der Waals surface area (Å²) in [5.41, 5.74) is 9.04. The van der Waals surface area contributed by atoms with Crippen LogP contribution in [0.15, 0.2) is 29.1 Å². The minimum Gasteiger partial charge on any atom is -0.398 e. The van der Waals surface area contributed by atoms with Crippen molar-refractivity contribution in [3.63, 3.8) is 0 Å². The minimum atomic E-state index is -0.195. The van der Waals surface area contributed by atoms with Crippen molar-refractivity contribution in [3.05, 3.63) is 51.7 Å². The number of anilines is 1. The van der Waals surface area contributed by atoms with Crippen LogP contribution < -0.4 is 11.3 Å². The lowest BCUT2D eigenvalue weighted by Crippen LogP contribution is -2.19. The zero-order chi connectivity index (χ0) is 17.4.